The molecule has 2 heterocycles. The molecular weight excluding hydrogens is 553 g/mol. The SMILES string of the molecule is CCN(CC)c1ncc(CN(C(=O)c2ccc(Cl)cc2Cl)c2cc(-c3ccccc3)sc2OC(=O)O)s1. The van der Waals surface area contributed by atoms with E-state index in [1.54, 1.807) is 24.4 Å². The van der Waals surface area contributed by atoms with Gasteiger partial charge in [0.05, 0.1) is 22.8 Å². The molecule has 11 heteroatoms. The molecule has 1 amide bonds. The second-order valence-corrected chi connectivity index (χ2v) is 10.8. The maximum absolute atomic E-state index is 13.9. The number of ether oxygens (including phenoxy) is 1. The molecule has 0 atom stereocenters. The van der Waals surface area contributed by atoms with Crippen molar-refractivity contribution in [1.82, 2.24) is 4.98 Å². The number of carbonyl (C=O) groups is 2. The summed E-state index contributed by atoms with van der Waals surface area (Å²) in [4.78, 5) is 35.1. The van der Waals surface area contributed by atoms with Crippen molar-refractivity contribution in [1.29, 1.82) is 0 Å². The van der Waals surface area contributed by atoms with Crippen LogP contribution in [-0.4, -0.2) is 35.2 Å². The molecule has 2 aromatic heterocycles. The number of halogens is 2. The van der Waals surface area contributed by atoms with Gasteiger partial charge in [-0.15, -0.1) is 11.3 Å². The Balaban J connectivity index is 1.82. The number of hydrogen-bond donors (Lipinski definition) is 1. The summed E-state index contributed by atoms with van der Waals surface area (Å²) in [6.45, 7) is 5.84. The molecule has 0 aliphatic heterocycles. The number of carbonyl (C=O) groups excluding carboxylic acids is 1. The van der Waals surface area contributed by atoms with Crippen molar-refractivity contribution in [2.45, 2.75) is 20.4 Å². The Hall–Kier alpha value is -3.11. The lowest BCUT2D eigenvalue weighted by atomic mass is 10.1. The smallest absolute Gasteiger partial charge is 0.449 e. The summed E-state index contributed by atoms with van der Waals surface area (Å²) in [5.41, 5.74) is 1.42. The number of benzene rings is 2. The first-order valence-electron chi connectivity index (χ1n) is 11.4. The molecule has 0 aliphatic rings. The van der Waals surface area contributed by atoms with E-state index in [1.807, 2.05) is 30.3 Å². The van der Waals surface area contributed by atoms with Crippen molar-refractivity contribution in [3.63, 3.8) is 0 Å². The van der Waals surface area contributed by atoms with Gasteiger partial charge in [-0.1, -0.05) is 64.9 Å². The van der Waals surface area contributed by atoms with E-state index >= 15 is 0 Å². The standard InChI is InChI=1S/C26H23Cl2N3O4S2/c1-3-30(4-2)25-29-14-18(36-25)15-31(23(32)19-11-10-17(27)12-20(19)28)21-13-22(16-8-6-5-7-9-16)37-24(21)35-26(33)34/h5-14H,3-4,15H2,1-2H3,(H,33,34). The number of anilines is 2. The highest BCUT2D eigenvalue weighted by Crippen LogP contribution is 2.44. The summed E-state index contributed by atoms with van der Waals surface area (Å²) in [6, 6.07) is 15.9. The van der Waals surface area contributed by atoms with Crippen molar-refractivity contribution >= 4 is 68.8 Å². The van der Waals surface area contributed by atoms with Crippen molar-refractivity contribution in [2.75, 3.05) is 22.9 Å². The fraction of sp³-hybridized carbons (Fsp3) is 0.192. The topological polar surface area (TPSA) is 83.0 Å². The average Bonchev–Trinajstić information content (AvgIpc) is 3.50. The van der Waals surface area contributed by atoms with Gasteiger partial charge in [0.1, 0.15) is 0 Å². The lowest BCUT2D eigenvalue weighted by Gasteiger charge is -2.22. The van der Waals surface area contributed by atoms with Crippen molar-refractivity contribution in [3.8, 4) is 15.5 Å². The fourth-order valence-electron chi connectivity index (χ4n) is 3.69. The maximum Gasteiger partial charge on any atom is 0.512 e. The van der Waals surface area contributed by atoms with Crippen LogP contribution >= 0.6 is 45.9 Å². The van der Waals surface area contributed by atoms with Gasteiger partial charge in [-0.05, 0) is 43.7 Å². The van der Waals surface area contributed by atoms with Gasteiger partial charge in [0, 0.05) is 34.1 Å². The summed E-state index contributed by atoms with van der Waals surface area (Å²) in [5, 5.41) is 10.9. The van der Waals surface area contributed by atoms with Crippen LogP contribution in [0.2, 0.25) is 10.0 Å². The Morgan fingerprint density at radius 3 is 2.41 bits per heavy atom. The first-order chi connectivity index (χ1) is 17.8. The van der Waals surface area contributed by atoms with E-state index in [1.165, 1.54) is 22.3 Å². The molecule has 0 spiro atoms. The van der Waals surface area contributed by atoms with Crippen LogP contribution in [0.25, 0.3) is 10.4 Å². The Morgan fingerprint density at radius 1 is 1.03 bits per heavy atom. The van der Waals surface area contributed by atoms with E-state index in [-0.39, 0.29) is 22.2 Å². The lowest BCUT2D eigenvalue weighted by Crippen LogP contribution is -2.30. The first kappa shape index (κ1) is 26.9. The number of thiophene rings is 1. The van der Waals surface area contributed by atoms with Crippen LogP contribution in [0.1, 0.15) is 29.1 Å². The number of carboxylic acid groups (broad SMARTS) is 1. The van der Waals surface area contributed by atoms with Crippen LogP contribution in [0.5, 0.6) is 5.06 Å². The van der Waals surface area contributed by atoms with E-state index in [9.17, 15) is 14.7 Å². The molecule has 0 saturated carbocycles. The molecule has 4 aromatic rings. The molecule has 0 radical (unpaired) electrons. The molecule has 2 aromatic carbocycles. The molecule has 37 heavy (non-hydrogen) atoms. The van der Waals surface area contributed by atoms with E-state index in [0.717, 1.165) is 44.9 Å². The zero-order valence-electron chi connectivity index (χ0n) is 20.0. The van der Waals surface area contributed by atoms with Crippen LogP contribution in [0.15, 0.2) is 60.8 Å². The minimum Gasteiger partial charge on any atom is -0.449 e. The summed E-state index contributed by atoms with van der Waals surface area (Å²) in [5.74, 6) is -0.424. The van der Waals surface area contributed by atoms with Gasteiger partial charge in [-0.3, -0.25) is 9.69 Å². The normalized spacial score (nSPS) is 10.8. The summed E-state index contributed by atoms with van der Waals surface area (Å²) < 4.78 is 5.15. The maximum atomic E-state index is 13.9. The minimum atomic E-state index is -1.47. The Kier molecular flexibility index (Phi) is 8.71. The third kappa shape index (κ3) is 6.24. The van der Waals surface area contributed by atoms with Crippen LogP contribution < -0.4 is 14.5 Å². The Labute approximate surface area is 232 Å². The number of nitrogens with zero attached hydrogens (tertiary/aromatic N) is 3. The summed E-state index contributed by atoms with van der Waals surface area (Å²) >= 11 is 15.1. The number of amides is 1. The first-order valence-corrected chi connectivity index (χ1v) is 13.8. The van der Waals surface area contributed by atoms with Crippen molar-refractivity contribution < 1.29 is 19.4 Å². The second-order valence-electron chi connectivity index (χ2n) is 7.81. The van der Waals surface area contributed by atoms with E-state index < -0.39 is 12.1 Å². The van der Waals surface area contributed by atoms with E-state index in [0.29, 0.717) is 10.7 Å². The van der Waals surface area contributed by atoms with Crippen LogP contribution in [-0.2, 0) is 6.54 Å². The highest BCUT2D eigenvalue weighted by molar-refractivity contribution is 7.18. The number of hydrogen-bond acceptors (Lipinski definition) is 7. The van der Waals surface area contributed by atoms with Gasteiger partial charge in [0.2, 0.25) is 5.06 Å². The molecule has 1 N–H and O–H groups in total. The van der Waals surface area contributed by atoms with Gasteiger partial charge >= 0.3 is 6.16 Å². The highest BCUT2D eigenvalue weighted by atomic mass is 35.5. The lowest BCUT2D eigenvalue weighted by molar-refractivity contribution is 0.0983. The van der Waals surface area contributed by atoms with Crippen LogP contribution in [0.3, 0.4) is 0 Å². The van der Waals surface area contributed by atoms with Gasteiger partial charge in [0.15, 0.2) is 5.13 Å². The molecule has 192 valence electrons. The van der Waals surface area contributed by atoms with E-state index in [4.69, 9.17) is 27.9 Å². The molecule has 0 bridgehead atoms. The van der Waals surface area contributed by atoms with Gasteiger partial charge in [-0.2, -0.15) is 0 Å². The second kappa shape index (κ2) is 12.0. The monoisotopic (exact) mass is 575 g/mol. The van der Waals surface area contributed by atoms with Crippen molar-refractivity contribution in [3.05, 3.63) is 81.3 Å². The molecular formula is C26H23Cl2N3O4S2. The van der Waals surface area contributed by atoms with Gasteiger partial charge in [-0.25, -0.2) is 9.78 Å². The predicted molar refractivity (Wildman–Crippen MR) is 151 cm³/mol. The Morgan fingerprint density at radius 2 is 1.76 bits per heavy atom. The quantitative estimate of drug-likeness (QED) is 0.204. The minimum absolute atomic E-state index is 0.0817. The largest absolute Gasteiger partial charge is 0.512 e. The predicted octanol–water partition coefficient (Wildman–Crippen LogP) is 7.93. The molecule has 0 aliphatic carbocycles. The average molecular weight is 577 g/mol. The number of aromatic nitrogens is 1. The summed E-state index contributed by atoms with van der Waals surface area (Å²) in [6.07, 6.45) is 0.255. The van der Waals surface area contributed by atoms with Gasteiger partial charge in [0.25, 0.3) is 5.91 Å². The molecule has 7 nitrogen and oxygen atoms in total. The highest BCUT2D eigenvalue weighted by Gasteiger charge is 2.28. The molecule has 0 fully saturated rings. The van der Waals surface area contributed by atoms with Crippen LogP contribution in [0, 0.1) is 0 Å². The zero-order valence-corrected chi connectivity index (χ0v) is 23.1. The number of thiazole rings is 1. The van der Waals surface area contributed by atoms with Gasteiger partial charge < -0.3 is 14.7 Å². The van der Waals surface area contributed by atoms with Crippen LogP contribution in [0.4, 0.5) is 15.6 Å². The van der Waals surface area contributed by atoms with Crippen molar-refractivity contribution in [2.24, 2.45) is 0 Å². The number of rotatable bonds is 9. The summed E-state index contributed by atoms with van der Waals surface area (Å²) in [7, 11) is 0. The zero-order chi connectivity index (χ0) is 26.5. The molecule has 0 saturated heterocycles. The van der Waals surface area contributed by atoms with E-state index in [2.05, 4.69) is 23.7 Å². The molecule has 4 rings (SSSR count). The third-order valence-corrected chi connectivity index (χ3v) is 8.15. The fourth-order valence-corrected chi connectivity index (χ4v) is 6.22. The Bertz CT molecular complexity index is 1400. The molecule has 0 unspecified atom stereocenters. The third-order valence-electron chi connectivity index (χ3n) is 5.50.